The molecule has 230 valence electrons. The van der Waals surface area contributed by atoms with Crippen molar-refractivity contribution in [2.45, 2.75) is 43.2 Å². The Morgan fingerprint density at radius 3 is 2.26 bits per heavy atom. The molecule has 0 bridgehead atoms. The first-order valence-corrected chi connectivity index (χ1v) is 15.5. The summed E-state index contributed by atoms with van der Waals surface area (Å²) in [6.45, 7) is -0.457. The molecular formula is C24H22Cl6N2O8S2. The fourth-order valence-electron chi connectivity index (χ4n) is 4.08. The molecule has 10 nitrogen and oxygen atoms in total. The molecule has 3 rings (SSSR count). The van der Waals surface area contributed by atoms with E-state index in [2.05, 4.69) is 17.9 Å². The lowest BCUT2D eigenvalue weighted by molar-refractivity contribution is -0.166. The van der Waals surface area contributed by atoms with Gasteiger partial charge in [-0.25, -0.2) is 4.79 Å². The van der Waals surface area contributed by atoms with Crippen LogP contribution in [0.5, 0.6) is 0 Å². The number of benzene rings is 1. The standard InChI is InChI=1S/C24H22Cl6N2O8S2/c1-12(33)38-8-14-9-42-21-22(7-17(35)39-10-23(25,26)27,31-16(34)6-13-4-2-3-5-15(13)41)20(37)32(21)18(14)19(36)40-11-24(28,29)30/h2-5,21,41H,6-11H2,1H3,(H,31,34)/t21-,22?/m1/s1. The van der Waals surface area contributed by atoms with Crippen LogP contribution in [0.15, 0.2) is 40.4 Å². The van der Waals surface area contributed by atoms with Gasteiger partial charge in [0.25, 0.3) is 5.91 Å². The predicted octanol–water partition coefficient (Wildman–Crippen LogP) is 4.32. The van der Waals surface area contributed by atoms with Crippen LogP contribution in [-0.2, 0) is 44.6 Å². The molecule has 1 fully saturated rings. The monoisotopic (exact) mass is 740 g/mol. The van der Waals surface area contributed by atoms with Crippen LogP contribution in [0.2, 0.25) is 0 Å². The van der Waals surface area contributed by atoms with E-state index in [0.717, 1.165) is 16.7 Å². The van der Waals surface area contributed by atoms with Crippen LogP contribution in [0.1, 0.15) is 18.9 Å². The molecule has 18 heteroatoms. The van der Waals surface area contributed by atoms with Gasteiger partial charge in [-0.15, -0.1) is 24.4 Å². The van der Waals surface area contributed by atoms with Gasteiger partial charge in [0.15, 0.2) is 5.54 Å². The number of carbonyl (C=O) groups is 5. The molecule has 2 atom stereocenters. The van der Waals surface area contributed by atoms with Gasteiger partial charge < -0.3 is 19.5 Å². The number of β-lactam (4-membered cyclic amide) rings is 1. The summed E-state index contributed by atoms with van der Waals surface area (Å²) in [6.07, 6.45) is -0.842. The van der Waals surface area contributed by atoms with Crippen LogP contribution in [-0.4, -0.2) is 78.7 Å². The van der Waals surface area contributed by atoms with Crippen molar-refractivity contribution >= 4 is 124 Å². The first-order valence-electron chi connectivity index (χ1n) is 11.8. The van der Waals surface area contributed by atoms with E-state index in [0.29, 0.717) is 10.5 Å². The maximum Gasteiger partial charge on any atom is 0.355 e. The number of halogens is 6. The third kappa shape index (κ3) is 9.13. The average Bonchev–Trinajstić information content (AvgIpc) is 2.88. The molecule has 2 heterocycles. The molecule has 0 aromatic heterocycles. The highest BCUT2D eigenvalue weighted by Crippen LogP contribution is 2.48. The molecule has 0 spiro atoms. The summed E-state index contributed by atoms with van der Waals surface area (Å²) in [6, 6.07) is 6.81. The summed E-state index contributed by atoms with van der Waals surface area (Å²) in [5.41, 5.74) is -1.37. The number of rotatable bonds is 10. The highest BCUT2D eigenvalue weighted by atomic mass is 35.6. The number of carbonyl (C=O) groups excluding carboxylic acids is 5. The van der Waals surface area contributed by atoms with Crippen LogP contribution in [0.25, 0.3) is 0 Å². The zero-order valence-electron chi connectivity index (χ0n) is 21.5. The molecular weight excluding hydrogens is 721 g/mol. The summed E-state index contributed by atoms with van der Waals surface area (Å²) in [7, 11) is 0. The number of nitrogens with zero attached hydrogens (tertiary/aromatic N) is 1. The van der Waals surface area contributed by atoms with E-state index in [1.165, 1.54) is 6.92 Å². The molecule has 42 heavy (non-hydrogen) atoms. The number of fused-ring (bicyclic) bond motifs is 1. The summed E-state index contributed by atoms with van der Waals surface area (Å²) in [5, 5.41) is 1.65. The number of ether oxygens (including phenoxy) is 3. The highest BCUT2D eigenvalue weighted by Gasteiger charge is 2.66. The molecule has 1 aromatic carbocycles. The quantitative estimate of drug-likeness (QED) is 0.119. The Morgan fingerprint density at radius 1 is 1.05 bits per heavy atom. The zero-order chi connectivity index (χ0) is 31.5. The van der Waals surface area contributed by atoms with Gasteiger partial charge in [0.2, 0.25) is 13.5 Å². The van der Waals surface area contributed by atoms with Crippen LogP contribution in [0.3, 0.4) is 0 Å². The van der Waals surface area contributed by atoms with E-state index in [1.54, 1.807) is 24.3 Å². The van der Waals surface area contributed by atoms with Crippen molar-refractivity contribution in [1.82, 2.24) is 10.2 Å². The number of alkyl halides is 6. The molecule has 1 N–H and O–H groups in total. The Hall–Kier alpha value is -1.25. The number of nitrogens with one attached hydrogen (secondary N) is 1. The minimum Gasteiger partial charge on any atom is -0.461 e. The fourth-order valence-corrected chi connectivity index (χ4v) is 6.11. The van der Waals surface area contributed by atoms with Crippen molar-refractivity contribution in [3.63, 3.8) is 0 Å². The normalized spacial score (nSPS) is 20.3. The van der Waals surface area contributed by atoms with E-state index < -0.39 is 67.9 Å². The molecule has 2 amide bonds. The smallest absolute Gasteiger partial charge is 0.355 e. The van der Waals surface area contributed by atoms with Crippen LogP contribution >= 0.6 is 94.0 Å². The second-order valence-corrected chi connectivity index (χ2v) is 15.6. The van der Waals surface area contributed by atoms with Gasteiger partial charge in [-0.1, -0.05) is 87.8 Å². The van der Waals surface area contributed by atoms with Crippen molar-refractivity contribution in [1.29, 1.82) is 0 Å². The van der Waals surface area contributed by atoms with Gasteiger partial charge in [0.1, 0.15) is 30.9 Å². The van der Waals surface area contributed by atoms with Crippen molar-refractivity contribution in [3.05, 3.63) is 41.1 Å². The lowest BCUT2D eigenvalue weighted by Crippen LogP contribution is -2.80. The Kier molecular flexibility index (Phi) is 11.9. The maximum atomic E-state index is 13.9. The topological polar surface area (TPSA) is 128 Å². The van der Waals surface area contributed by atoms with Crippen molar-refractivity contribution in [2.75, 3.05) is 25.6 Å². The van der Waals surface area contributed by atoms with Crippen LogP contribution < -0.4 is 5.32 Å². The fraction of sp³-hybridized carbons (Fsp3) is 0.458. The number of hydrogen-bond acceptors (Lipinski definition) is 10. The Balaban J connectivity index is 1.96. The SMILES string of the molecule is CC(=O)OCC1=C(C(=O)OCC(Cl)(Cl)Cl)N2C(=O)C(CC(=O)OCC(Cl)(Cl)Cl)(NC(=O)Cc3ccccc3S)[C@H]2SC1. The summed E-state index contributed by atoms with van der Waals surface area (Å²) < 4.78 is 11.3. The van der Waals surface area contributed by atoms with Gasteiger partial charge in [-0.3, -0.25) is 24.1 Å². The molecule has 1 unspecified atom stereocenters. The molecule has 0 radical (unpaired) electrons. The molecule has 2 aliphatic rings. The number of amides is 2. The molecule has 0 aliphatic carbocycles. The number of thioether (sulfide) groups is 1. The number of hydrogen-bond donors (Lipinski definition) is 2. The van der Waals surface area contributed by atoms with Gasteiger partial charge in [-0.2, -0.15) is 0 Å². The van der Waals surface area contributed by atoms with Crippen molar-refractivity contribution < 1.29 is 38.2 Å². The van der Waals surface area contributed by atoms with Crippen LogP contribution in [0, 0.1) is 0 Å². The molecule has 1 saturated heterocycles. The second-order valence-electron chi connectivity index (χ2n) is 9.04. The Morgan fingerprint density at radius 2 is 1.67 bits per heavy atom. The van der Waals surface area contributed by atoms with Crippen LogP contribution in [0.4, 0.5) is 0 Å². The van der Waals surface area contributed by atoms with E-state index in [9.17, 15) is 24.0 Å². The van der Waals surface area contributed by atoms with E-state index >= 15 is 0 Å². The number of thiol groups is 1. The zero-order valence-corrected chi connectivity index (χ0v) is 27.7. The third-order valence-corrected chi connectivity index (χ3v) is 8.32. The molecule has 2 aliphatic heterocycles. The van der Waals surface area contributed by atoms with Gasteiger partial charge in [-0.05, 0) is 11.6 Å². The molecule has 1 aromatic rings. The van der Waals surface area contributed by atoms with E-state index in [1.807, 2.05) is 0 Å². The van der Waals surface area contributed by atoms with Gasteiger partial charge in [0, 0.05) is 23.1 Å². The molecule has 0 saturated carbocycles. The number of esters is 3. The highest BCUT2D eigenvalue weighted by molar-refractivity contribution is 8.00. The minimum absolute atomic E-state index is 0.0419. The summed E-state index contributed by atoms with van der Waals surface area (Å²) in [5.74, 6) is -4.07. The van der Waals surface area contributed by atoms with Crippen molar-refractivity contribution in [2.24, 2.45) is 0 Å². The lowest BCUT2D eigenvalue weighted by atomic mass is 9.82. The summed E-state index contributed by atoms with van der Waals surface area (Å²) in [4.78, 5) is 66.1. The van der Waals surface area contributed by atoms with E-state index in [-0.39, 0.29) is 30.1 Å². The predicted molar refractivity (Wildman–Crippen MR) is 162 cm³/mol. The Bertz CT molecular complexity index is 1300. The average molecular weight is 743 g/mol. The van der Waals surface area contributed by atoms with E-state index in [4.69, 9.17) is 83.8 Å². The largest absolute Gasteiger partial charge is 0.461 e. The van der Waals surface area contributed by atoms with Crippen molar-refractivity contribution in [3.8, 4) is 0 Å². The first kappa shape index (κ1) is 35.2. The maximum absolute atomic E-state index is 13.9. The first-order chi connectivity index (χ1) is 19.4. The lowest BCUT2D eigenvalue weighted by Gasteiger charge is -2.57. The second kappa shape index (κ2) is 14.2. The summed E-state index contributed by atoms with van der Waals surface area (Å²) >= 11 is 39.6. The Labute approximate surface area is 280 Å². The minimum atomic E-state index is -1.96. The third-order valence-electron chi connectivity index (χ3n) is 5.78. The van der Waals surface area contributed by atoms with Gasteiger partial charge >= 0.3 is 17.9 Å². The van der Waals surface area contributed by atoms with Gasteiger partial charge in [0.05, 0.1) is 12.8 Å².